The molecule has 6 heteroatoms. The number of nitrogens with zero attached hydrogens (tertiary/aromatic N) is 2. The Bertz CT molecular complexity index is 103. The van der Waals surface area contributed by atoms with E-state index >= 15 is 0 Å². The fraction of sp³-hybridized carbons (Fsp3) is 0.500. The highest BCUT2D eigenvalue weighted by Crippen LogP contribution is 1.81. The minimum absolute atomic E-state index is 0.181. The van der Waals surface area contributed by atoms with Gasteiger partial charge in [-0.15, -0.1) is 0 Å². The van der Waals surface area contributed by atoms with Gasteiger partial charge in [0.2, 0.25) is 0 Å². The zero-order valence-electron chi connectivity index (χ0n) is 3.94. The van der Waals surface area contributed by atoms with Crippen LogP contribution in [0.25, 0.3) is 0 Å². The van der Waals surface area contributed by atoms with Crippen LogP contribution in [0.5, 0.6) is 0 Å². The fourth-order valence-electron chi connectivity index (χ4n) is 0.127. The highest BCUT2D eigenvalue weighted by molar-refractivity contribution is 7.75. The Morgan fingerprint density at radius 1 is 1.88 bits per heavy atom. The van der Waals surface area contributed by atoms with Crippen LogP contribution in [0.15, 0.2) is 10.3 Å². The van der Waals surface area contributed by atoms with E-state index < -0.39 is 5.97 Å². The van der Waals surface area contributed by atoms with Crippen LogP contribution in [0.3, 0.4) is 0 Å². The second-order valence-corrected chi connectivity index (χ2v) is 1.06. The number of carbonyl (C=O) groups excluding carboxylic acids is 1. The topological polar surface area (TPSA) is 77.0 Å². The molecule has 0 fully saturated rings. The van der Waals surface area contributed by atoms with Crippen molar-refractivity contribution in [3.05, 3.63) is 0 Å². The standard InChI is InChI=1S/C2H5N3O2S/c3-5-4-1-2(6)7-8/h8H,1H2,(H2,3,4). The van der Waals surface area contributed by atoms with Gasteiger partial charge in [0.1, 0.15) is 0 Å². The molecule has 0 aromatic carbocycles. The summed E-state index contributed by atoms with van der Waals surface area (Å²) in [5.74, 6) is 3.98. The van der Waals surface area contributed by atoms with Crippen molar-refractivity contribution < 1.29 is 8.98 Å². The third-order valence-electron chi connectivity index (χ3n) is 0.383. The maximum Gasteiger partial charge on any atom is 0.341 e. The lowest BCUT2D eigenvalue weighted by molar-refractivity contribution is -0.131. The zero-order valence-corrected chi connectivity index (χ0v) is 4.84. The van der Waals surface area contributed by atoms with E-state index in [2.05, 4.69) is 33.3 Å². The molecule has 0 aliphatic carbocycles. The Hall–Kier alpha value is -0.780. The first kappa shape index (κ1) is 7.22. The van der Waals surface area contributed by atoms with E-state index in [4.69, 9.17) is 0 Å². The lowest BCUT2D eigenvalue weighted by Gasteiger charge is -1.86. The van der Waals surface area contributed by atoms with Crippen LogP contribution in [0.1, 0.15) is 0 Å². The van der Waals surface area contributed by atoms with E-state index in [1.165, 1.54) is 0 Å². The third-order valence-corrected chi connectivity index (χ3v) is 0.587. The normalized spacial score (nSPS) is 9.62. The maximum absolute atomic E-state index is 10.1. The summed E-state index contributed by atoms with van der Waals surface area (Å²) in [6.45, 7) is -0.181. The largest absolute Gasteiger partial charge is 0.393 e. The van der Waals surface area contributed by atoms with Crippen LogP contribution in [0.4, 0.5) is 0 Å². The van der Waals surface area contributed by atoms with Gasteiger partial charge in [-0.05, 0) is 0 Å². The van der Waals surface area contributed by atoms with Gasteiger partial charge >= 0.3 is 5.97 Å². The number of rotatable bonds is 2. The summed E-state index contributed by atoms with van der Waals surface area (Å²) in [7, 11) is 0. The van der Waals surface area contributed by atoms with Crippen LogP contribution in [-0.4, -0.2) is 12.5 Å². The van der Waals surface area contributed by atoms with Crippen LogP contribution < -0.4 is 5.84 Å². The number of hydrogen-bond acceptors (Lipinski definition) is 5. The molecule has 0 atom stereocenters. The lowest BCUT2D eigenvalue weighted by Crippen LogP contribution is -2.00. The zero-order chi connectivity index (χ0) is 6.41. The molecule has 0 rings (SSSR count). The molecule has 0 heterocycles. The lowest BCUT2D eigenvalue weighted by atomic mass is 10.7. The molecule has 0 aliphatic rings. The molecular weight excluding hydrogens is 130 g/mol. The van der Waals surface area contributed by atoms with Gasteiger partial charge in [-0.25, -0.2) is 4.79 Å². The summed E-state index contributed by atoms with van der Waals surface area (Å²) in [5, 5.41) is 5.94. The molecule has 0 spiro atoms. The van der Waals surface area contributed by atoms with Crippen molar-refractivity contribution >= 4 is 18.9 Å². The summed E-state index contributed by atoms with van der Waals surface area (Å²) in [5.41, 5.74) is 0. The van der Waals surface area contributed by atoms with Crippen molar-refractivity contribution in [1.82, 2.24) is 0 Å². The molecule has 0 aromatic rings. The van der Waals surface area contributed by atoms with Gasteiger partial charge in [0.05, 0.1) is 0 Å². The van der Waals surface area contributed by atoms with Gasteiger partial charge in [0.15, 0.2) is 6.54 Å². The van der Waals surface area contributed by atoms with E-state index in [0.29, 0.717) is 0 Å². The third kappa shape index (κ3) is 3.41. The summed E-state index contributed by atoms with van der Waals surface area (Å²) >= 11 is 3.20. The van der Waals surface area contributed by atoms with E-state index in [1.807, 2.05) is 0 Å². The molecule has 0 radical (unpaired) electrons. The second kappa shape index (κ2) is 4.38. The Morgan fingerprint density at radius 2 is 2.50 bits per heavy atom. The SMILES string of the molecule is NN=NCC(=O)OS. The Balaban J connectivity index is 3.25. The van der Waals surface area contributed by atoms with Crippen LogP contribution in [-0.2, 0) is 8.98 Å². The average molecular weight is 135 g/mol. The van der Waals surface area contributed by atoms with Crippen LogP contribution >= 0.6 is 12.9 Å². The first-order valence-corrected chi connectivity index (χ1v) is 2.08. The molecule has 0 amide bonds. The first-order valence-electron chi connectivity index (χ1n) is 1.72. The number of thiol groups is 1. The van der Waals surface area contributed by atoms with Crippen molar-refractivity contribution in [2.45, 2.75) is 0 Å². The summed E-state index contributed by atoms with van der Waals surface area (Å²) < 4.78 is 3.90. The molecule has 0 aromatic heterocycles. The van der Waals surface area contributed by atoms with Gasteiger partial charge in [0.25, 0.3) is 0 Å². The van der Waals surface area contributed by atoms with E-state index in [-0.39, 0.29) is 6.54 Å². The molecule has 0 aliphatic heterocycles. The molecule has 0 saturated heterocycles. The van der Waals surface area contributed by atoms with Gasteiger partial charge < -0.3 is 10.0 Å². The average Bonchev–Trinajstić information content (AvgIpc) is 1.83. The van der Waals surface area contributed by atoms with Gasteiger partial charge in [-0.2, -0.15) is 5.11 Å². The van der Waals surface area contributed by atoms with E-state index in [9.17, 15) is 4.79 Å². The smallest absolute Gasteiger partial charge is 0.341 e. The highest BCUT2D eigenvalue weighted by atomic mass is 32.1. The van der Waals surface area contributed by atoms with Crippen LogP contribution in [0, 0.1) is 0 Å². The Kier molecular flexibility index (Phi) is 3.95. The van der Waals surface area contributed by atoms with E-state index in [0.717, 1.165) is 0 Å². The number of carbonyl (C=O) groups is 1. The molecule has 2 N–H and O–H groups in total. The quantitative estimate of drug-likeness (QED) is 0.179. The number of nitrogens with two attached hydrogens (primary N) is 1. The molecule has 8 heavy (non-hydrogen) atoms. The van der Waals surface area contributed by atoms with Crippen molar-refractivity contribution in [2.24, 2.45) is 16.2 Å². The summed E-state index contributed by atoms with van der Waals surface area (Å²) in [6.07, 6.45) is 0. The minimum Gasteiger partial charge on any atom is -0.393 e. The van der Waals surface area contributed by atoms with Crippen molar-refractivity contribution in [2.75, 3.05) is 6.54 Å². The maximum atomic E-state index is 10.1. The Labute approximate surface area is 51.5 Å². The van der Waals surface area contributed by atoms with Crippen LogP contribution in [0.2, 0.25) is 0 Å². The first-order chi connectivity index (χ1) is 3.81. The summed E-state index contributed by atoms with van der Waals surface area (Å²) in [6, 6.07) is 0. The number of hydrogen-bond donors (Lipinski definition) is 2. The second-order valence-electron chi connectivity index (χ2n) is 0.878. The van der Waals surface area contributed by atoms with Crippen molar-refractivity contribution in [3.8, 4) is 0 Å². The van der Waals surface area contributed by atoms with Gasteiger partial charge in [-0.1, -0.05) is 5.22 Å². The monoisotopic (exact) mass is 135 g/mol. The Morgan fingerprint density at radius 3 is 2.88 bits per heavy atom. The molecule has 0 saturated carbocycles. The fourth-order valence-corrected chi connectivity index (χ4v) is 0.185. The minimum atomic E-state index is -0.581. The molecule has 46 valence electrons. The highest BCUT2D eigenvalue weighted by Gasteiger charge is 1.94. The van der Waals surface area contributed by atoms with Gasteiger partial charge in [0, 0.05) is 12.9 Å². The molecular formula is C2H5N3O2S. The van der Waals surface area contributed by atoms with Gasteiger partial charge in [-0.3, -0.25) is 0 Å². The van der Waals surface area contributed by atoms with Crippen molar-refractivity contribution in [1.29, 1.82) is 0 Å². The van der Waals surface area contributed by atoms with E-state index in [1.54, 1.807) is 0 Å². The van der Waals surface area contributed by atoms with Crippen molar-refractivity contribution in [3.63, 3.8) is 0 Å². The molecule has 5 nitrogen and oxygen atoms in total. The predicted octanol–water partition coefficient (Wildman–Crippen LogP) is -0.300. The summed E-state index contributed by atoms with van der Waals surface area (Å²) in [4.78, 5) is 10.1. The predicted molar refractivity (Wildman–Crippen MR) is 29.0 cm³/mol. The molecule has 0 bridgehead atoms. The molecule has 0 unspecified atom stereocenters.